The number of hydrogen-bond acceptors (Lipinski definition) is 7. The monoisotopic (exact) mass is 488 g/mol. The largest absolute Gasteiger partial charge is 0.491 e. The average molecular weight is 489 g/mol. The predicted octanol–water partition coefficient (Wildman–Crippen LogP) is 3.07. The normalized spacial score (nSPS) is 16.4. The standard InChI is InChI=1S/C26H36N2O5S/c1-4-13-32-18-21(29)16-27(12-14-31-3)17-26(30)28-11-9-25-23(10-15-34-25)24(28)19-33-22-7-5-20(2)6-8-22/h4-8,10,15,21,24,29H,1,9,11-14,16-19H2,2-3H3/t21-,24-/m1/s1. The van der Waals surface area contributed by atoms with Gasteiger partial charge in [-0.15, -0.1) is 17.9 Å². The number of carbonyl (C=O) groups excluding carboxylic acids is 1. The van der Waals surface area contributed by atoms with Gasteiger partial charge in [-0.25, -0.2) is 0 Å². The van der Waals surface area contributed by atoms with E-state index in [1.165, 1.54) is 10.4 Å². The third kappa shape index (κ3) is 7.65. The molecule has 0 radical (unpaired) electrons. The highest BCUT2D eigenvalue weighted by Crippen LogP contribution is 2.34. The highest BCUT2D eigenvalue weighted by Gasteiger charge is 2.33. The van der Waals surface area contributed by atoms with E-state index in [1.54, 1.807) is 24.5 Å². The summed E-state index contributed by atoms with van der Waals surface area (Å²) in [7, 11) is 1.63. The molecule has 2 aromatic rings. The SMILES string of the molecule is C=CCOC[C@H](O)CN(CCOC)CC(=O)N1CCc2sccc2[C@H]1COc1ccc(C)cc1. The molecule has 1 aliphatic rings. The Balaban J connectivity index is 1.67. The van der Waals surface area contributed by atoms with Gasteiger partial charge in [0, 0.05) is 31.6 Å². The number of hydrogen-bond donors (Lipinski definition) is 1. The lowest BCUT2D eigenvalue weighted by Gasteiger charge is -2.37. The molecule has 0 fully saturated rings. The van der Waals surface area contributed by atoms with Crippen LogP contribution in [0.5, 0.6) is 5.75 Å². The summed E-state index contributed by atoms with van der Waals surface area (Å²) in [6.07, 6.45) is 1.79. The molecular formula is C26H36N2O5S. The molecule has 1 amide bonds. The van der Waals surface area contributed by atoms with Crippen LogP contribution in [0.2, 0.25) is 0 Å². The molecule has 1 aliphatic heterocycles. The Kier molecular flexibility index (Phi) is 10.6. The van der Waals surface area contributed by atoms with E-state index in [1.807, 2.05) is 41.0 Å². The van der Waals surface area contributed by atoms with Gasteiger partial charge >= 0.3 is 0 Å². The predicted molar refractivity (Wildman–Crippen MR) is 134 cm³/mol. The summed E-state index contributed by atoms with van der Waals surface area (Å²) in [5, 5.41) is 12.5. The van der Waals surface area contributed by atoms with Crippen molar-refractivity contribution in [2.45, 2.75) is 25.5 Å². The number of nitrogens with zero attached hydrogens (tertiary/aromatic N) is 2. The minimum Gasteiger partial charge on any atom is -0.491 e. The van der Waals surface area contributed by atoms with Gasteiger partial charge < -0.3 is 24.2 Å². The molecule has 1 N–H and O–H groups in total. The van der Waals surface area contributed by atoms with Crippen LogP contribution in [-0.4, -0.2) is 86.6 Å². The summed E-state index contributed by atoms with van der Waals surface area (Å²) in [5.74, 6) is 0.814. The summed E-state index contributed by atoms with van der Waals surface area (Å²) < 4.78 is 16.7. The summed E-state index contributed by atoms with van der Waals surface area (Å²) in [4.78, 5) is 18.6. The third-order valence-electron chi connectivity index (χ3n) is 5.83. The molecule has 2 heterocycles. The van der Waals surface area contributed by atoms with Crippen molar-refractivity contribution in [2.24, 2.45) is 0 Å². The Labute approximate surface area is 206 Å². The van der Waals surface area contributed by atoms with Crippen molar-refractivity contribution < 1.29 is 24.1 Å². The zero-order chi connectivity index (χ0) is 24.3. The van der Waals surface area contributed by atoms with E-state index in [2.05, 4.69) is 18.0 Å². The number of aryl methyl sites for hydroxylation is 1. The van der Waals surface area contributed by atoms with E-state index in [0.717, 1.165) is 17.7 Å². The van der Waals surface area contributed by atoms with Gasteiger partial charge in [-0.1, -0.05) is 23.8 Å². The fraction of sp³-hybridized carbons (Fsp3) is 0.500. The first kappa shape index (κ1) is 26.4. The van der Waals surface area contributed by atoms with Gasteiger partial charge in [0.05, 0.1) is 38.5 Å². The maximum absolute atomic E-state index is 13.5. The topological polar surface area (TPSA) is 71.5 Å². The van der Waals surface area contributed by atoms with Crippen molar-refractivity contribution in [3.05, 3.63) is 64.4 Å². The van der Waals surface area contributed by atoms with Crippen LogP contribution in [0.4, 0.5) is 0 Å². The zero-order valence-electron chi connectivity index (χ0n) is 20.2. The number of amides is 1. The van der Waals surface area contributed by atoms with Crippen molar-refractivity contribution in [1.82, 2.24) is 9.80 Å². The molecule has 0 unspecified atom stereocenters. The molecule has 0 bridgehead atoms. The van der Waals surface area contributed by atoms with Crippen LogP contribution < -0.4 is 4.74 Å². The average Bonchev–Trinajstić information content (AvgIpc) is 3.31. The van der Waals surface area contributed by atoms with Gasteiger partial charge in [-0.2, -0.15) is 0 Å². The van der Waals surface area contributed by atoms with Crippen LogP contribution in [0.1, 0.15) is 22.0 Å². The number of benzene rings is 1. The second kappa shape index (κ2) is 13.6. The number of ether oxygens (including phenoxy) is 3. The van der Waals surface area contributed by atoms with Crippen molar-refractivity contribution in [1.29, 1.82) is 0 Å². The summed E-state index contributed by atoms with van der Waals surface area (Å²) >= 11 is 1.73. The Morgan fingerprint density at radius 2 is 2.15 bits per heavy atom. The molecule has 8 heteroatoms. The van der Waals surface area contributed by atoms with Gasteiger partial charge in [0.15, 0.2) is 0 Å². The van der Waals surface area contributed by atoms with Gasteiger partial charge in [-0.05, 0) is 42.5 Å². The highest BCUT2D eigenvalue weighted by molar-refractivity contribution is 7.10. The van der Waals surface area contributed by atoms with E-state index < -0.39 is 6.10 Å². The first-order chi connectivity index (χ1) is 16.5. The number of thiophene rings is 1. The number of rotatable bonds is 14. The van der Waals surface area contributed by atoms with Crippen LogP contribution in [0.25, 0.3) is 0 Å². The molecule has 186 valence electrons. The van der Waals surface area contributed by atoms with Gasteiger partial charge in [0.25, 0.3) is 0 Å². The Hall–Kier alpha value is -2.23. The lowest BCUT2D eigenvalue weighted by molar-refractivity contribution is -0.136. The van der Waals surface area contributed by atoms with Crippen LogP contribution >= 0.6 is 11.3 Å². The summed E-state index contributed by atoms with van der Waals surface area (Å²) in [5.41, 5.74) is 2.34. The lowest BCUT2D eigenvalue weighted by atomic mass is 10.0. The van der Waals surface area contributed by atoms with Gasteiger partial charge in [0.1, 0.15) is 12.4 Å². The maximum Gasteiger partial charge on any atom is 0.237 e. The van der Waals surface area contributed by atoms with Gasteiger partial charge in [-0.3, -0.25) is 9.69 Å². The number of aliphatic hydroxyl groups is 1. The summed E-state index contributed by atoms with van der Waals surface area (Å²) in [6, 6.07) is 9.92. The fourth-order valence-corrected chi connectivity index (χ4v) is 4.99. The Bertz CT molecular complexity index is 901. The van der Waals surface area contributed by atoms with Crippen molar-refractivity contribution in [3.63, 3.8) is 0 Å². The second-order valence-electron chi connectivity index (χ2n) is 8.48. The fourth-order valence-electron chi connectivity index (χ4n) is 4.06. The Morgan fingerprint density at radius 3 is 2.88 bits per heavy atom. The second-order valence-corrected chi connectivity index (χ2v) is 9.48. The number of methoxy groups -OCH3 is 1. The van der Waals surface area contributed by atoms with E-state index in [0.29, 0.717) is 39.5 Å². The molecule has 0 aliphatic carbocycles. The van der Waals surface area contributed by atoms with E-state index >= 15 is 0 Å². The summed E-state index contributed by atoms with van der Waals surface area (Å²) in [6.45, 7) is 8.82. The molecule has 1 aromatic carbocycles. The molecule has 34 heavy (non-hydrogen) atoms. The number of carbonyl (C=O) groups is 1. The van der Waals surface area contributed by atoms with Crippen molar-refractivity contribution in [3.8, 4) is 5.75 Å². The molecule has 3 rings (SSSR count). The first-order valence-corrected chi connectivity index (χ1v) is 12.5. The number of fused-ring (bicyclic) bond motifs is 1. The van der Waals surface area contributed by atoms with Crippen molar-refractivity contribution >= 4 is 17.2 Å². The van der Waals surface area contributed by atoms with E-state index in [4.69, 9.17) is 14.2 Å². The van der Waals surface area contributed by atoms with E-state index in [9.17, 15) is 9.90 Å². The van der Waals surface area contributed by atoms with E-state index in [-0.39, 0.29) is 25.1 Å². The maximum atomic E-state index is 13.5. The molecule has 0 spiro atoms. The zero-order valence-corrected chi connectivity index (χ0v) is 21.0. The van der Waals surface area contributed by atoms with Crippen LogP contribution in [0.3, 0.4) is 0 Å². The molecule has 1 aromatic heterocycles. The first-order valence-electron chi connectivity index (χ1n) is 11.6. The van der Waals surface area contributed by atoms with Crippen LogP contribution in [0, 0.1) is 6.92 Å². The molecule has 7 nitrogen and oxygen atoms in total. The number of aliphatic hydroxyl groups excluding tert-OH is 1. The minimum absolute atomic E-state index is 0.0182. The molecule has 0 saturated heterocycles. The minimum atomic E-state index is -0.699. The molecule has 0 saturated carbocycles. The van der Waals surface area contributed by atoms with Crippen LogP contribution in [0.15, 0.2) is 48.4 Å². The van der Waals surface area contributed by atoms with Gasteiger partial charge in [0.2, 0.25) is 5.91 Å². The smallest absolute Gasteiger partial charge is 0.237 e. The quantitative estimate of drug-likeness (QED) is 0.326. The molecule has 2 atom stereocenters. The third-order valence-corrected chi connectivity index (χ3v) is 6.83. The van der Waals surface area contributed by atoms with Crippen LogP contribution in [-0.2, 0) is 20.7 Å². The molecular weight excluding hydrogens is 452 g/mol. The van der Waals surface area contributed by atoms with Crippen molar-refractivity contribution in [2.75, 3.05) is 59.7 Å². The lowest BCUT2D eigenvalue weighted by Crippen LogP contribution is -2.48. The highest BCUT2D eigenvalue weighted by atomic mass is 32.1. The Morgan fingerprint density at radius 1 is 1.35 bits per heavy atom.